The Morgan fingerprint density at radius 3 is 2.20 bits per heavy atom. The molecule has 6 heteroatoms. The zero-order chi connectivity index (χ0) is 14.8. The third kappa shape index (κ3) is 6.00. The van der Waals surface area contributed by atoms with Gasteiger partial charge in [0.25, 0.3) is 0 Å². The van der Waals surface area contributed by atoms with Crippen LogP contribution in [0.2, 0.25) is 0 Å². The number of ether oxygens (including phenoxy) is 1. The van der Waals surface area contributed by atoms with E-state index < -0.39 is 0 Å². The number of carbonyl (C=O) groups excluding carboxylic acids is 2. The predicted molar refractivity (Wildman–Crippen MR) is 77.3 cm³/mol. The van der Waals surface area contributed by atoms with Crippen molar-refractivity contribution in [2.75, 3.05) is 37.4 Å². The van der Waals surface area contributed by atoms with Crippen molar-refractivity contribution in [1.29, 1.82) is 0 Å². The quantitative estimate of drug-likeness (QED) is 0.498. The van der Waals surface area contributed by atoms with E-state index in [0.717, 1.165) is 0 Å². The molecule has 20 heavy (non-hydrogen) atoms. The van der Waals surface area contributed by atoms with Gasteiger partial charge in [0.05, 0.1) is 13.1 Å². The molecule has 0 atom stereocenters. The normalized spacial score (nSPS) is 9.60. The van der Waals surface area contributed by atoms with Crippen molar-refractivity contribution in [3.05, 3.63) is 24.3 Å². The van der Waals surface area contributed by atoms with E-state index in [1.165, 1.54) is 7.11 Å². The molecule has 0 aliphatic carbocycles. The minimum Gasteiger partial charge on any atom is -0.375 e. The maximum Gasteiger partial charge on any atom is 0.250 e. The summed E-state index contributed by atoms with van der Waals surface area (Å²) in [6.45, 7) is 0.494. The third-order valence-electron chi connectivity index (χ3n) is 2.24. The molecule has 0 bridgehead atoms. The van der Waals surface area contributed by atoms with E-state index in [1.54, 1.807) is 24.3 Å². The first-order valence-electron chi connectivity index (χ1n) is 5.98. The van der Waals surface area contributed by atoms with Gasteiger partial charge in [0.1, 0.15) is 6.61 Å². The van der Waals surface area contributed by atoms with Crippen LogP contribution in [0.25, 0.3) is 0 Å². The van der Waals surface area contributed by atoms with Gasteiger partial charge in [-0.05, 0) is 24.3 Å². The largest absolute Gasteiger partial charge is 0.375 e. The van der Waals surface area contributed by atoms with Gasteiger partial charge >= 0.3 is 0 Å². The molecule has 3 N–H and O–H groups in total. The summed E-state index contributed by atoms with van der Waals surface area (Å²) in [5.74, 6) is 1.96. The third-order valence-corrected chi connectivity index (χ3v) is 2.24. The number of carbonyl (C=O) groups is 2. The molecule has 0 spiro atoms. The summed E-state index contributed by atoms with van der Waals surface area (Å²) in [6.07, 6.45) is 5.06. The molecule has 0 saturated heterocycles. The summed E-state index contributed by atoms with van der Waals surface area (Å²) in [6, 6.07) is 6.78. The Kier molecular flexibility index (Phi) is 6.82. The molecule has 0 fully saturated rings. The highest BCUT2D eigenvalue weighted by Gasteiger charge is 2.03. The van der Waals surface area contributed by atoms with Gasteiger partial charge in [0.15, 0.2) is 0 Å². The van der Waals surface area contributed by atoms with E-state index in [4.69, 9.17) is 11.2 Å². The average molecular weight is 275 g/mol. The van der Waals surface area contributed by atoms with Crippen LogP contribution < -0.4 is 16.0 Å². The molecule has 2 amide bonds. The van der Waals surface area contributed by atoms with Crippen LogP contribution in [-0.2, 0) is 14.3 Å². The Balaban J connectivity index is 2.44. The number of nitrogens with one attached hydrogen (secondary N) is 3. The molecule has 1 aromatic rings. The lowest BCUT2D eigenvalue weighted by molar-refractivity contribution is -0.119. The van der Waals surface area contributed by atoms with E-state index in [1.807, 2.05) is 0 Å². The van der Waals surface area contributed by atoms with Crippen molar-refractivity contribution in [3.63, 3.8) is 0 Å². The van der Waals surface area contributed by atoms with E-state index in [2.05, 4.69) is 21.9 Å². The second kappa shape index (κ2) is 8.69. The summed E-state index contributed by atoms with van der Waals surface area (Å²) in [5, 5.41) is 8.14. The van der Waals surface area contributed by atoms with Crippen molar-refractivity contribution in [2.24, 2.45) is 0 Å². The van der Waals surface area contributed by atoms with Crippen LogP contribution >= 0.6 is 0 Å². The highest BCUT2D eigenvalue weighted by molar-refractivity contribution is 5.94. The number of anilines is 2. The first kappa shape index (κ1) is 15.7. The van der Waals surface area contributed by atoms with E-state index in [-0.39, 0.29) is 25.0 Å². The Labute approximate surface area is 117 Å². The van der Waals surface area contributed by atoms with Gasteiger partial charge in [-0.25, -0.2) is 0 Å². The molecule has 0 aliphatic heterocycles. The summed E-state index contributed by atoms with van der Waals surface area (Å²) < 4.78 is 4.71. The summed E-state index contributed by atoms with van der Waals surface area (Å²) >= 11 is 0. The fourth-order valence-corrected chi connectivity index (χ4v) is 1.42. The SMILES string of the molecule is C#CCNCC(=O)Nc1ccc(NC(=O)COC)cc1. The maximum absolute atomic E-state index is 11.5. The van der Waals surface area contributed by atoms with E-state index in [0.29, 0.717) is 17.9 Å². The molecule has 106 valence electrons. The van der Waals surface area contributed by atoms with Crippen molar-refractivity contribution in [1.82, 2.24) is 5.32 Å². The molecule has 0 aromatic heterocycles. The second-order valence-corrected chi connectivity index (χ2v) is 3.91. The van der Waals surface area contributed by atoms with E-state index in [9.17, 15) is 9.59 Å². The van der Waals surface area contributed by atoms with Crippen LogP contribution in [0.5, 0.6) is 0 Å². The summed E-state index contributed by atoms with van der Waals surface area (Å²) in [7, 11) is 1.45. The van der Waals surface area contributed by atoms with Crippen LogP contribution in [0.3, 0.4) is 0 Å². The van der Waals surface area contributed by atoms with Crippen LogP contribution in [0.15, 0.2) is 24.3 Å². The number of rotatable bonds is 7. The molecule has 0 aliphatic rings. The summed E-state index contributed by atoms with van der Waals surface area (Å²) in [4.78, 5) is 22.8. The van der Waals surface area contributed by atoms with Gasteiger partial charge in [-0.1, -0.05) is 5.92 Å². The minimum absolute atomic E-state index is 0.000660. The monoisotopic (exact) mass is 275 g/mol. The molecule has 1 aromatic carbocycles. The highest BCUT2D eigenvalue weighted by atomic mass is 16.5. The Morgan fingerprint density at radius 1 is 1.15 bits per heavy atom. The topological polar surface area (TPSA) is 79.5 Å². The van der Waals surface area contributed by atoms with Crippen LogP contribution in [0, 0.1) is 12.3 Å². The van der Waals surface area contributed by atoms with Crippen LogP contribution in [0.4, 0.5) is 11.4 Å². The average Bonchev–Trinajstić information content (AvgIpc) is 2.41. The molecule has 0 saturated carbocycles. The van der Waals surface area contributed by atoms with Crippen LogP contribution in [0.1, 0.15) is 0 Å². The minimum atomic E-state index is -0.234. The lowest BCUT2D eigenvalue weighted by Crippen LogP contribution is -2.28. The first-order chi connectivity index (χ1) is 9.65. The van der Waals surface area contributed by atoms with Gasteiger partial charge in [0.2, 0.25) is 11.8 Å². The van der Waals surface area contributed by atoms with Gasteiger partial charge in [0, 0.05) is 18.5 Å². The molecule has 1 rings (SSSR count). The van der Waals surface area contributed by atoms with Crippen molar-refractivity contribution >= 4 is 23.2 Å². The number of amides is 2. The molecule has 6 nitrogen and oxygen atoms in total. The van der Waals surface area contributed by atoms with Crippen molar-refractivity contribution in [2.45, 2.75) is 0 Å². The number of methoxy groups -OCH3 is 1. The highest BCUT2D eigenvalue weighted by Crippen LogP contribution is 2.13. The van der Waals surface area contributed by atoms with E-state index >= 15 is 0 Å². The van der Waals surface area contributed by atoms with Gasteiger partial charge < -0.3 is 15.4 Å². The fourth-order valence-electron chi connectivity index (χ4n) is 1.42. The predicted octanol–water partition coefficient (Wildman–Crippen LogP) is 0.433. The lowest BCUT2D eigenvalue weighted by Gasteiger charge is -2.07. The molecular weight excluding hydrogens is 258 g/mol. The standard InChI is InChI=1S/C14H17N3O3/c1-3-8-15-9-13(18)16-11-4-6-12(7-5-11)17-14(19)10-20-2/h1,4-7,15H,8-10H2,2H3,(H,16,18)(H,17,19). The first-order valence-corrected chi connectivity index (χ1v) is 5.98. The zero-order valence-corrected chi connectivity index (χ0v) is 11.2. The van der Waals surface area contributed by atoms with Crippen LogP contribution in [-0.4, -0.2) is 38.6 Å². The maximum atomic E-state index is 11.5. The smallest absolute Gasteiger partial charge is 0.250 e. The molecule has 0 radical (unpaired) electrons. The Hall–Kier alpha value is -2.36. The lowest BCUT2D eigenvalue weighted by atomic mass is 10.2. The molecule has 0 heterocycles. The Morgan fingerprint density at radius 2 is 1.70 bits per heavy atom. The number of benzene rings is 1. The van der Waals surface area contributed by atoms with Crippen molar-refractivity contribution < 1.29 is 14.3 Å². The number of hydrogen-bond donors (Lipinski definition) is 3. The van der Waals surface area contributed by atoms with Gasteiger partial charge in [-0.3, -0.25) is 14.9 Å². The van der Waals surface area contributed by atoms with Gasteiger partial charge in [-0.15, -0.1) is 6.42 Å². The second-order valence-electron chi connectivity index (χ2n) is 3.91. The fraction of sp³-hybridized carbons (Fsp3) is 0.286. The van der Waals surface area contributed by atoms with Gasteiger partial charge in [-0.2, -0.15) is 0 Å². The van der Waals surface area contributed by atoms with Crippen molar-refractivity contribution in [3.8, 4) is 12.3 Å². The number of hydrogen-bond acceptors (Lipinski definition) is 4. The zero-order valence-electron chi connectivity index (χ0n) is 11.2. The Bertz CT molecular complexity index is 491. The number of terminal acetylenes is 1. The summed E-state index contributed by atoms with van der Waals surface area (Å²) in [5.41, 5.74) is 1.28. The molecule has 0 unspecified atom stereocenters. The molecular formula is C14H17N3O3.